The summed E-state index contributed by atoms with van der Waals surface area (Å²) >= 11 is 0. The maximum Gasteiger partial charge on any atom is 0.287 e. The predicted molar refractivity (Wildman–Crippen MR) is 47.0 cm³/mol. The van der Waals surface area contributed by atoms with Gasteiger partial charge in [0.15, 0.2) is 0 Å². The van der Waals surface area contributed by atoms with Gasteiger partial charge in [0.25, 0.3) is 10.1 Å². The molecule has 0 aliphatic carbocycles. The fourth-order valence-corrected chi connectivity index (χ4v) is 1.06. The standard InChI is InChI=1S/C8H8O3S.Ta/c9-12(10,11)7-6-8-4-2-1-3-5-8;/h1-7H,(H,9,10,11);. The van der Waals surface area contributed by atoms with Gasteiger partial charge >= 0.3 is 0 Å². The summed E-state index contributed by atoms with van der Waals surface area (Å²) in [5.74, 6) is 0. The van der Waals surface area contributed by atoms with Crippen LogP contribution in [0.2, 0.25) is 0 Å². The topological polar surface area (TPSA) is 54.4 Å². The molecule has 1 rings (SSSR count). The van der Waals surface area contributed by atoms with Gasteiger partial charge in [-0.2, -0.15) is 8.42 Å². The van der Waals surface area contributed by atoms with Gasteiger partial charge in [-0.05, 0) is 11.6 Å². The van der Waals surface area contributed by atoms with Gasteiger partial charge in [0.2, 0.25) is 0 Å². The molecule has 0 atom stereocenters. The van der Waals surface area contributed by atoms with Crippen LogP contribution in [0.3, 0.4) is 0 Å². The second kappa shape index (κ2) is 5.36. The van der Waals surface area contributed by atoms with E-state index in [9.17, 15) is 8.42 Å². The smallest absolute Gasteiger partial charge is 0.282 e. The van der Waals surface area contributed by atoms with Crippen LogP contribution in [0.15, 0.2) is 35.7 Å². The van der Waals surface area contributed by atoms with Gasteiger partial charge in [-0.15, -0.1) is 0 Å². The molecular formula is C8H8O3STa. The first-order valence-corrected chi connectivity index (χ1v) is 4.79. The van der Waals surface area contributed by atoms with Gasteiger partial charge in [0.05, 0.1) is 5.41 Å². The number of hydrogen-bond acceptors (Lipinski definition) is 2. The molecule has 0 fully saturated rings. The fraction of sp³-hybridized carbons (Fsp3) is 0. The van der Waals surface area contributed by atoms with E-state index < -0.39 is 10.1 Å². The Labute approximate surface area is 92.7 Å². The summed E-state index contributed by atoms with van der Waals surface area (Å²) in [7, 11) is -4.00. The van der Waals surface area contributed by atoms with Crippen LogP contribution in [0.25, 0.3) is 6.08 Å². The van der Waals surface area contributed by atoms with E-state index in [2.05, 4.69) is 0 Å². The van der Waals surface area contributed by atoms with Gasteiger partial charge < -0.3 is 0 Å². The summed E-state index contributed by atoms with van der Waals surface area (Å²) in [6.07, 6.45) is 1.33. The third-order valence-corrected chi connectivity index (χ3v) is 1.71. The maximum absolute atomic E-state index is 10.3. The van der Waals surface area contributed by atoms with Crippen molar-refractivity contribution in [3.05, 3.63) is 41.3 Å². The van der Waals surface area contributed by atoms with E-state index in [1.54, 1.807) is 24.3 Å². The van der Waals surface area contributed by atoms with E-state index in [1.165, 1.54) is 6.08 Å². The van der Waals surface area contributed by atoms with Crippen molar-refractivity contribution < 1.29 is 35.4 Å². The molecule has 0 spiro atoms. The monoisotopic (exact) mass is 365 g/mol. The zero-order valence-electron chi connectivity index (χ0n) is 6.66. The largest absolute Gasteiger partial charge is 0.287 e. The minimum Gasteiger partial charge on any atom is -0.282 e. The van der Waals surface area contributed by atoms with Crippen LogP contribution in [-0.2, 0) is 32.5 Å². The Balaban J connectivity index is 0.00000144. The summed E-state index contributed by atoms with van der Waals surface area (Å²) in [6.45, 7) is 0. The third-order valence-electron chi connectivity index (χ3n) is 1.23. The number of hydrogen-bond donors (Lipinski definition) is 1. The van der Waals surface area contributed by atoms with Crippen molar-refractivity contribution in [3.63, 3.8) is 0 Å². The molecular weight excluding hydrogens is 357 g/mol. The van der Waals surface area contributed by atoms with Crippen LogP contribution >= 0.6 is 0 Å². The molecule has 0 amide bonds. The van der Waals surface area contributed by atoms with Crippen LogP contribution < -0.4 is 0 Å². The summed E-state index contributed by atoms with van der Waals surface area (Å²) in [4.78, 5) is 0. The molecule has 0 aliphatic rings. The molecule has 0 heterocycles. The van der Waals surface area contributed by atoms with Gasteiger partial charge in [-0.25, -0.2) is 0 Å². The Morgan fingerprint density at radius 2 is 1.69 bits per heavy atom. The first-order chi connectivity index (χ1) is 5.58. The average molecular weight is 365 g/mol. The summed E-state index contributed by atoms with van der Waals surface area (Å²) in [5.41, 5.74) is 0.732. The summed E-state index contributed by atoms with van der Waals surface area (Å²) in [6, 6.07) is 8.86. The first-order valence-electron chi connectivity index (χ1n) is 3.28. The molecule has 3 nitrogen and oxygen atoms in total. The van der Waals surface area contributed by atoms with E-state index >= 15 is 0 Å². The minimum absolute atomic E-state index is 0. The maximum atomic E-state index is 10.3. The quantitative estimate of drug-likeness (QED) is 0.810. The number of benzene rings is 1. The second-order valence-corrected chi connectivity index (χ2v) is 3.53. The number of rotatable bonds is 2. The Morgan fingerprint density at radius 1 is 1.15 bits per heavy atom. The van der Waals surface area contributed by atoms with E-state index in [4.69, 9.17) is 4.55 Å². The zero-order chi connectivity index (χ0) is 9.03. The molecule has 0 unspecified atom stereocenters. The van der Waals surface area contributed by atoms with E-state index in [0.717, 1.165) is 11.0 Å². The summed E-state index contributed by atoms with van der Waals surface area (Å²) < 4.78 is 28.9. The van der Waals surface area contributed by atoms with Crippen molar-refractivity contribution in [1.82, 2.24) is 0 Å². The van der Waals surface area contributed by atoms with Gasteiger partial charge in [0.1, 0.15) is 0 Å². The van der Waals surface area contributed by atoms with Crippen LogP contribution in [0.1, 0.15) is 5.56 Å². The SMILES string of the molecule is O=S(=O)(O)C=Cc1ccccc1.[Ta]. The van der Waals surface area contributed by atoms with Crippen molar-refractivity contribution in [2.24, 2.45) is 0 Å². The molecule has 0 saturated heterocycles. The molecule has 0 bridgehead atoms. The minimum atomic E-state index is -4.00. The van der Waals surface area contributed by atoms with Crippen molar-refractivity contribution in [2.45, 2.75) is 0 Å². The Kier molecular flexibility index (Phi) is 5.20. The molecule has 13 heavy (non-hydrogen) atoms. The Morgan fingerprint density at radius 3 is 2.15 bits per heavy atom. The molecule has 5 heteroatoms. The second-order valence-electron chi connectivity index (χ2n) is 2.23. The van der Waals surface area contributed by atoms with Crippen molar-refractivity contribution in [1.29, 1.82) is 0 Å². The van der Waals surface area contributed by atoms with Crippen LogP contribution in [0.4, 0.5) is 0 Å². The van der Waals surface area contributed by atoms with Crippen molar-refractivity contribution in [2.75, 3.05) is 0 Å². The first kappa shape index (κ1) is 12.6. The van der Waals surface area contributed by atoms with E-state index in [-0.39, 0.29) is 22.4 Å². The van der Waals surface area contributed by atoms with Gasteiger partial charge in [-0.3, -0.25) is 4.55 Å². The van der Waals surface area contributed by atoms with Gasteiger partial charge in [-0.1, -0.05) is 30.3 Å². The third kappa shape index (κ3) is 5.79. The molecule has 1 aromatic rings. The van der Waals surface area contributed by atoms with Crippen molar-refractivity contribution >= 4 is 16.2 Å². The van der Waals surface area contributed by atoms with E-state index in [0.29, 0.717) is 0 Å². The predicted octanol–water partition coefficient (Wildman–Crippen LogP) is 1.54. The fourth-order valence-electron chi connectivity index (χ4n) is 0.729. The molecule has 1 aromatic carbocycles. The van der Waals surface area contributed by atoms with E-state index in [1.807, 2.05) is 6.07 Å². The zero-order valence-corrected chi connectivity index (χ0v) is 10.7. The normalized spacial score (nSPS) is 11.2. The van der Waals surface area contributed by atoms with Crippen LogP contribution in [0.5, 0.6) is 0 Å². The molecule has 1 radical (unpaired) electrons. The Hall–Kier alpha value is -0.390. The molecule has 0 saturated carbocycles. The van der Waals surface area contributed by atoms with Crippen LogP contribution in [-0.4, -0.2) is 13.0 Å². The van der Waals surface area contributed by atoms with Crippen LogP contribution in [0, 0.1) is 0 Å². The molecule has 0 aromatic heterocycles. The molecule has 0 aliphatic heterocycles. The Bertz CT molecular complexity index is 370. The summed E-state index contributed by atoms with van der Waals surface area (Å²) in [5, 5.41) is 0.752. The van der Waals surface area contributed by atoms with Crippen molar-refractivity contribution in [3.8, 4) is 0 Å². The van der Waals surface area contributed by atoms with Gasteiger partial charge in [0, 0.05) is 22.4 Å². The molecule has 69 valence electrons. The average Bonchev–Trinajstić information content (AvgIpc) is 2.02. The molecule has 1 N–H and O–H groups in total.